The van der Waals surface area contributed by atoms with Gasteiger partial charge in [0.2, 0.25) is 0 Å². The van der Waals surface area contributed by atoms with Crippen LogP contribution in [0.5, 0.6) is 11.8 Å². The van der Waals surface area contributed by atoms with Crippen molar-refractivity contribution in [3.05, 3.63) is 42.3 Å². The van der Waals surface area contributed by atoms with Crippen LogP contribution in [0.3, 0.4) is 0 Å². The highest BCUT2D eigenvalue weighted by Gasteiger charge is 2.39. The SMILES string of the molecule is O=C(N[C@@H]1C[C@H]2CC[C@@H]1N2)c1ccc(Oc2ncco2)cc1. The summed E-state index contributed by atoms with van der Waals surface area (Å²) in [6.45, 7) is 0. The van der Waals surface area contributed by atoms with E-state index in [1.807, 2.05) is 0 Å². The van der Waals surface area contributed by atoms with Crippen molar-refractivity contribution in [2.24, 2.45) is 0 Å². The average molecular weight is 299 g/mol. The fourth-order valence-corrected chi connectivity index (χ4v) is 3.27. The number of amides is 1. The lowest BCUT2D eigenvalue weighted by Gasteiger charge is -2.21. The van der Waals surface area contributed by atoms with Crippen molar-refractivity contribution in [2.75, 3.05) is 0 Å². The fraction of sp³-hybridized carbons (Fsp3) is 0.375. The molecule has 2 N–H and O–H groups in total. The van der Waals surface area contributed by atoms with E-state index in [9.17, 15) is 4.79 Å². The van der Waals surface area contributed by atoms with Gasteiger partial charge in [-0.05, 0) is 43.5 Å². The van der Waals surface area contributed by atoms with Crippen LogP contribution in [-0.4, -0.2) is 29.0 Å². The molecule has 4 rings (SSSR count). The van der Waals surface area contributed by atoms with Gasteiger partial charge in [0.25, 0.3) is 5.91 Å². The van der Waals surface area contributed by atoms with Crippen molar-refractivity contribution in [1.82, 2.24) is 15.6 Å². The van der Waals surface area contributed by atoms with Gasteiger partial charge in [0.05, 0.1) is 6.20 Å². The third-order valence-electron chi connectivity index (χ3n) is 4.35. The van der Waals surface area contributed by atoms with E-state index in [1.165, 1.54) is 18.9 Å². The first kappa shape index (κ1) is 13.3. The van der Waals surface area contributed by atoms with Crippen molar-refractivity contribution < 1.29 is 13.9 Å². The second-order valence-electron chi connectivity index (χ2n) is 5.79. The van der Waals surface area contributed by atoms with Crippen LogP contribution in [0.2, 0.25) is 0 Å². The van der Waals surface area contributed by atoms with Crippen LogP contribution in [0.25, 0.3) is 0 Å². The van der Waals surface area contributed by atoms with E-state index >= 15 is 0 Å². The summed E-state index contributed by atoms with van der Waals surface area (Å²) in [5, 5.41) is 6.63. The largest absolute Gasteiger partial charge is 0.417 e. The molecule has 3 atom stereocenters. The summed E-state index contributed by atoms with van der Waals surface area (Å²) in [4.78, 5) is 16.2. The van der Waals surface area contributed by atoms with Gasteiger partial charge in [-0.25, -0.2) is 0 Å². The molecular formula is C16H17N3O3. The summed E-state index contributed by atoms with van der Waals surface area (Å²) >= 11 is 0. The van der Waals surface area contributed by atoms with E-state index in [0.717, 1.165) is 12.8 Å². The van der Waals surface area contributed by atoms with Gasteiger partial charge in [0.15, 0.2) is 0 Å². The van der Waals surface area contributed by atoms with Crippen LogP contribution in [0, 0.1) is 0 Å². The monoisotopic (exact) mass is 299 g/mol. The molecule has 22 heavy (non-hydrogen) atoms. The van der Waals surface area contributed by atoms with Crippen molar-refractivity contribution in [3.8, 4) is 11.8 Å². The maximum atomic E-state index is 12.3. The standard InChI is InChI=1S/C16H17N3O3/c20-15(19-14-9-11-3-6-13(14)18-11)10-1-4-12(5-2-10)22-16-17-7-8-21-16/h1-2,4-5,7-8,11,13-14,18H,3,6,9H2,(H,19,20)/t11-,13+,14-/m1/s1. The molecule has 0 aliphatic carbocycles. The van der Waals surface area contributed by atoms with Gasteiger partial charge in [0.1, 0.15) is 12.0 Å². The summed E-state index contributed by atoms with van der Waals surface area (Å²) in [7, 11) is 0. The molecule has 3 heterocycles. The molecule has 2 aliphatic rings. The van der Waals surface area contributed by atoms with Gasteiger partial charge >= 0.3 is 6.08 Å². The van der Waals surface area contributed by atoms with Crippen LogP contribution in [0.4, 0.5) is 0 Å². The minimum atomic E-state index is -0.0398. The quantitative estimate of drug-likeness (QED) is 0.904. The number of carbonyl (C=O) groups excluding carboxylic acids is 1. The molecule has 2 aromatic rings. The summed E-state index contributed by atoms with van der Waals surface area (Å²) in [5.74, 6) is 0.544. The van der Waals surface area contributed by atoms with Crippen molar-refractivity contribution in [1.29, 1.82) is 0 Å². The first-order valence-corrected chi connectivity index (χ1v) is 7.52. The molecule has 0 saturated carbocycles. The average Bonchev–Trinajstić information content (AvgIpc) is 3.25. The van der Waals surface area contributed by atoms with E-state index in [-0.39, 0.29) is 18.0 Å². The number of carbonyl (C=O) groups is 1. The zero-order chi connectivity index (χ0) is 14.9. The van der Waals surface area contributed by atoms with Crippen molar-refractivity contribution in [3.63, 3.8) is 0 Å². The molecule has 2 aliphatic heterocycles. The van der Waals surface area contributed by atoms with E-state index in [0.29, 0.717) is 23.4 Å². The van der Waals surface area contributed by atoms with Crippen molar-refractivity contribution in [2.45, 2.75) is 37.4 Å². The Morgan fingerprint density at radius 2 is 2.18 bits per heavy atom. The topological polar surface area (TPSA) is 76.4 Å². The van der Waals surface area contributed by atoms with Gasteiger partial charge in [-0.15, -0.1) is 0 Å². The van der Waals surface area contributed by atoms with Gasteiger partial charge in [-0.3, -0.25) is 4.79 Å². The minimum absolute atomic E-state index is 0.0398. The Kier molecular flexibility index (Phi) is 3.31. The maximum absolute atomic E-state index is 12.3. The Morgan fingerprint density at radius 3 is 2.82 bits per heavy atom. The molecule has 1 amide bonds. The fourth-order valence-electron chi connectivity index (χ4n) is 3.27. The highest BCUT2D eigenvalue weighted by atomic mass is 16.6. The molecule has 6 nitrogen and oxygen atoms in total. The van der Waals surface area contributed by atoms with Gasteiger partial charge in [0, 0.05) is 23.7 Å². The highest BCUT2D eigenvalue weighted by Crippen LogP contribution is 2.28. The second kappa shape index (κ2) is 5.46. The molecule has 1 aromatic carbocycles. The number of oxazole rings is 1. The van der Waals surface area contributed by atoms with Gasteiger partial charge in [-0.1, -0.05) is 0 Å². The molecule has 2 bridgehead atoms. The van der Waals surface area contributed by atoms with Gasteiger partial charge < -0.3 is 19.8 Å². The molecule has 0 unspecified atom stereocenters. The number of hydrogen-bond acceptors (Lipinski definition) is 5. The van der Waals surface area contributed by atoms with E-state index in [2.05, 4.69) is 15.6 Å². The molecule has 114 valence electrons. The van der Waals surface area contributed by atoms with E-state index in [1.54, 1.807) is 24.3 Å². The third-order valence-corrected chi connectivity index (χ3v) is 4.35. The van der Waals surface area contributed by atoms with Crippen LogP contribution in [-0.2, 0) is 0 Å². The number of fused-ring (bicyclic) bond motifs is 2. The second-order valence-corrected chi connectivity index (χ2v) is 5.79. The molecule has 6 heteroatoms. The summed E-state index contributed by atoms with van der Waals surface area (Å²) in [6, 6.07) is 8.21. The van der Waals surface area contributed by atoms with Gasteiger partial charge in [-0.2, -0.15) is 4.98 Å². The lowest BCUT2D eigenvalue weighted by Crippen LogP contribution is -2.42. The smallest absolute Gasteiger partial charge is 0.399 e. The molecule has 0 spiro atoms. The zero-order valence-electron chi connectivity index (χ0n) is 12.0. The van der Waals surface area contributed by atoms with Crippen LogP contribution in [0.15, 0.2) is 41.1 Å². The minimum Gasteiger partial charge on any atom is -0.417 e. The molecular weight excluding hydrogens is 282 g/mol. The van der Waals surface area contributed by atoms with Crippen LogP contribution in [0.1, 0.15) is 29.6 Å². The lowest BCUT2D eigenvalue weighted by atomic mass is 9.95. The predicted molar refractivity (Wildman–Crippen MR) is 78.8 cm³/mol. The maximum Gasteiger partial charge on any atom is 0.399 e. The number of aromatic nitrogens is 1. The molecule has 2 fully saturated rings. The number of rotatable bonds is 4. The first-order valence-electron chi connectivity index (χ1n) is 7.52. The summed E-state index contributed by atoms with van der Waals surface area (Å²) < 4.78 is 10.4. The number of ether oxygens (including phenoxy) is 1. The summed E-state index contributed by atoms with van der Waals surface area (Å²) in [6.07, 6.45) is 6.55. The number of benzene rings is 1. The molecule has 1 aromatic heterocycles. The Hall–Kier alpha value is -2.34. The zero-order valence-corrected chi connectivity index (χ0v) is 12.0. The highest BCUT2D eigenvalue weighted by molar-refractivity contribution is 5.94. The third kappa shape index (κ3) is 2.57. The number of hydrogen-bond donors (Lipinski definition) is 2. The van der Waals surface area contributed by atoms with Crippen LogP contribution >= 0.6 is 0 Å². The number of nitrogens with zero attached hydrogens (tertiary/aromatic N) is 1. The Morgan fingerprint density at radius 1 is 1.32 bits per heavy atom. The summed E-state index contributed by atoms with van der Waals surface area (Å²) in [5.41, 5.74) is 0.627. The predicted octanol–water partition coefficient (Wildman–Crippen LogP) is 2.09. The Balaban J connectivity index is 1.38. The lowest BCUT2D eigenvalue weighted by molar-refractivity contribution is 0.0931. The molecule has 0 radical (unpaired) electrons. The van der Waals surface area contributed by atoms with E-state index < -0.39 is 0 Å². The Bertz CT molecular complexity index is 654. The molecule has 2 saturated heterocycles. The normalized spacial score (nSPS) is 26.1. The Labute approximate surface area is 127 Å². The van der Waals surface area contributed by atoms with Crippen molar-refractivity contribution >= 4 is 5.91 Å². The number of nitrogens with one attached hydrogen (secondary N) is 2. The van der Waals surface area contributed by atoms with Crippen LogP contribution < -0.4 is 15.4 Å². The first-order chi connectivity index (χ1) is 10.8. The van der Waals surface area contributed by atoms with E-state index in [4.69, 9.17) is 9.15 Å².